The Morgan fingerprint density at radius 2 is 1.72 bits per heavy atom. The fourth-order valence-electron chi connectivity index (χ4n) is 5.60. The third-order valence-electron chi connectivity index (χ3n) is 7.99. The summed E-state index contributed by atoms with van der Waals surface area (Å²) in [5.74, 6) is -0.664. The van der Waals surface area contributed by atoms with E-state index in [4.69, 9.17) is 0 Å². The summed E-state index contributed by atoms with van der Waals surface area (Å²) in [6, 6.07) is 12.6. The third kappa shape index (κ3) is 10.0. The van der Waals surface area contributed by atoms with Crippen LogP contribution in [0.5, 0.6) is 0 Å². The standard InChI is InChI=1S/C33H47N5O5S2.CH4/c1-23(2)19-38(45(42,43)25-13-14-26-29(18-25)44-22-34-26)20-28(39)27(17-24-11-7-6-8-12-24)35-32(41)31(33(3,4)5)36-30(40)21-37-15-9-10-16-37;/h6-8,11-14,18,22-23,27-28,31,39H,9-10,15-17,19-21H2,1-5H3,(H,35,41)(H,36,40);1H4/t27-,28+,31+;/m0./s1. The van der Waals surface area contributed by atoms with E-state index < -0.39 is 39.5 Å². The van der Waals surface area contributed by atoms with Crippen LogP contribution >= 0.6 is 11.3 Å². The Morgan fingerprint density at radius 1 is 1.04 bits per heavy atom. The first kappa shape index (κ1) is 37.6. The SMILES string of the molecule is C.CC(C)CN(C[C@@H](O)[C@H](Cc1ccccc1)NC(=O)[C@@H](NC(=O)CN1CCCC1)C(C)(C)C)S(=O)(=O)c1ccc2ncsc2c1. The summed E-state index contributed by atoms with van der Waals surface area (Å²) in [7, 11) is -3.98. The van der Waals surface area contributed by atoms with Gasteiger partial charge in [-0.05, 0) is 67.4 Å². The topological polar surface area (TPSA) is 132 Å². The molecule has 0 radical (unpaired) electrons. The lowest BCUT2D eigenvalue weighted by Gasteiger charge is -2.35. The lowest BCUT2D eigenvalue weighted by Crippen LogP contribution is -2.59. The number of nitrogens with one attached hydrogen (secondary N) is 2. The van der Waals surface area contributed by atoms with Gasteiger partial charge in [-0.3, -0.25) is 14.5 Å². The van der Waals surface area contributed by atoms with Gasteiger partial charge in [-0.15, -0.1) is 11.3 Å². The molecule has 2 aromatic carbocycles. The highest BCUT2D eigenvalue weighted by molar-refractivity contribution is 7.89. The molecule has 0 aliphatic carbocycles. The number of carbonyl (C=O) groups is 2. The highest BCUT2D eigenvalue weighted by Crippen LogP contribution is 2.26. The van der Waals surface area contributed by atoms with E-state index in [2.05, 4.69) is 20.5 Å². The molecule has 1 aliphatic rings. The van der Waals surface area contributed by atoms with Crippen LogP contribution in [0.25, 0.3) is 10.2 Å². The Morgan fingerprint density at radius 3 is 2.35 bits per heavy atom. The molecule has 1 fully saturated rings. The second kappa shape index (κ2) is 16.3. The molecule has 3 aromatic rings. The Bertz CT molecular complexity index is 1530. The molecule has 2 amide bonds. The fourth-order valence-corrected chi connectivity index (χ4v) is 8.04. The van der Waals surface area contributed by atoms with E-state index in [-0.39, 0.29) is 50.2 Å². The molecule has 0 unspecified atom stereocenters. The number of nitrogens with zero attached hydrogens (tertiary/aromatic N) is 3. The number of likely N-dealkylation sites (tertiary alicyclic amines) is 1. The van der Waals surface area contributed by atoms with E-state index in [1.54, 1.807) is 23.7 Å². The number of aliphatic hydroxyl groups is 1. The van der Waals surface area contributed by atoms with Crippen molar-refractivity contribution in [1.29, 1.82) is 0 Å². The molecule has 254 valence electrons. The third-order valence-corrected chi connectivity index (χ3v) is 10.6. The molecule has 0 saturated carbocycles. The van der Waals surface area contributed by atoms with Crippen LogP contribution in [-0.2, 0) is 26.0 Å². The summed E-state index contributed by atoms with van der Waals surface area (Å²) in [6.07, 6.45) is 1.14. The molecule has 0 bridgehead atoms. The minimum Gasteiger partial charge on any atom is -0.390 e. The number of sulfonamides is 1. The Balaban J connectivity index is 0.00000576. The summed E-state index contributed by atoms with van der Waals surface area (Å²) in [5, 5.41) is 17.6. The average molecular weight is 674 g/mol. The molecular weight excluding hydrogens is 623 g/mol. The van der Waals surface area contributed by atoms with E-state index in [0.717, 1.165) is 41.7 Å². The van der Waals surface area contributed by atoms with E-state index in [1.807, 2.05) is 65.0 Å². The minimum absolute atomic E-state index is 0. The first-order valence-electron chi connectivity index (χ1n) is 15.6. The highest BCUT2D eigenvalue weighted by atomic mass is 32.2. The van der Waals surface area contributed by atoms with Crippen molar-refractivity contribution in [3.8, 4) is 0 Å². The van der Waals surface area contributed by atoms with E-state index in [0.29, 0.717) is 0 Å². The quantitative estimate of drug-likeness (QED) is 0.233. The van der Waals surface area contributed by atoms with Gasteiger partial charge in [0.1, 0.15) is 6.04 Å². The first-order chi connectivity index (χ1) is 21.2. The molecule has 2 heterocycles. The minimum atomic E-state index is -3.98. The van der Waals surface area contributed by atoms with Crippen LogP contribution in [0.4, 0.5) is 0 Å². The average Bonchev–Trinajstić information content (AvgIpc) is 3.66. The highest BCUT2D eigenvalue weighted by Gasteiger charge is 2.37. The largest absolute Gasteiger partial charge is 0.390 e. The lowest BCUT2D eigenvalue weighted by molar-refractivity contribution is -0.133. The maximum Gasteiger partial charge on any atom is 0.243 e. The molecular formula is C34H51N5O5S2. The number of carbonyl (C=O) groups excluding carboxylic acids is 2. The van der Waals surface area contributed by atoms with Gasteiger partial charge < -0.3 is 15.7 Å². The lowest BCUT2D eigenvalue weighted by atomic mass is 9.85. The Kier molecular flexibility index (Phi) is 13.3. The molecule has 1 aromatic heterocycles. The van der Waals surface area contributed by atoms with E-state index >= 15 is 0 Å². The van der Waals surface area contributed by atoms with Gasteiger partial charge in [0, 0.05) is 13.1 Å². The second-order valence-electron chi connectivity index (χ2n) is 13.4. The van der Waals surface area contributed by atoms with Crippen molar-refractivity contribution in [2.45, 2.75) is 84.4 Å². The van der Waals surface area contributed by atoms with Crippen molar-refractivity contribution in [3.63, 3.8) is 0 Å². The van der Waals surface area contributed by atoms with Gasteiger partial charge >= 0.3 is 0 Å². The Labute approximate surface area is 278 Å². The molecule has 0 spiro atoms. The van der Waals surface area contributed by atoms with Crippen LogP contribution < -0.4 is 10.6 Å². The zero-order chi connectivity index (χ0) is 32.8. The molecule has 12 heteroatoms. The molecule has 1 saturated heterocycles. The van der Waals surface area contributed by atoms with Crippen LogP contribution in [0.2, 0.25) is 0 Å². The van der Waals surface area contributed by atoms with Crippen LogP contribution in [0, 0.1) is 11.3 Å². The molecule has 10 nitrogen and oxygen atoms in total. The number of aromatic nitrogens is 1. The number of fused-ring (bicyclic) bond motifs is 1. The predicted octanol–water partition coefficient (Wildman–Crippen LogP) is 4.29. The number of aliphatic hydroxyl groups excluding tert-OH is 1. The molecule has 1 aliphatic heterocycles. The summed E-state index contributed by atoms with van der Waals surface area (Å²) in [5.41, 5.74) is 2.66. The maximum atomic E-state index is 13.9. The number of thiazole rings is 1. The number of benzene rings is 2. The number of rotatable bonds is 14. The molecule has 46 heavy (non-hydrogen) atoms. The summed E-state index contributed by atoms with van der Waals surface area (Å²) < 4.78 is 29.9. The Hall–Kier alpha value is -2.90. The zero-order valence-electron chi connectivity index (χ0n) is 26.9. The maximum absolute atomic E-state index is 13.9. The number of hydrogen-bond acceptors (Lipinski definition) is 8. The molecule has 4 rings (SSSR count). The van der Waals surface area contributed by atoms with Gasteiger partial charge in [0.25, 0.3) is 0 Å². The van der Waals surface area contributed by atoms with Crippen molar-refractivity contribution in [2.24, 2.45) is 11.3 Å². The molecule has 3 N–H and O–H groups in total. The monoisotopic (exact) mass is 673 g/mol. The van der Waals surface area contributed by atoms with Gasteiger partial charge in [0.15, 0.2) is 0 Å². The second-order valence-corrected chi connectivity index (χ2v) is 16.2. The first-order valence-corrected chi connectivity index (χ1v) is 17.9. The smallest absolute Gasteiger partial charge is 0.243 e. The van der Waals surface area contributed by atoms with E-state index in [9.17, 15) is 23.1 Å². The van der Waals surface area contributed by atoms with Crippen molar-refractivity contribution < 1.29 is 23.1 Å². The predicted molar refractivity (Wildman–Crippen MR) is 185 cm³/mol. The van der Waals surface area contributed by atoms with Crippen molar-refractivity contribution in [2.75, 3.05) is 32.7 Å². The normalized spacial score (nSPS) is 16.3. The van der Waals surface area contributed by atoms with Gasteiger partial charge in [0.05, 0.1) is 39.3 Å². The fraction of sp³-hybridized carbons (Fsp3) is 0.559. The van der Waals surface area contributed by atoms with Crippen LogP contribution in [0.3, 0.4) is 0 Å². The summed E-state index contributed by atoms with van der Waals surface area (Å²) >= 11 is 1.36. The van der Waals surface area contributed by atoms with Crippen LogP contribution in [0.1, 0.15) is 60.5 Å². The van der Waals surface area contributed by atoms with Gasteiger partial charge in [-0.1, -0.05) is 72.4 Å². The van der Waals surface area contributed by atoms with Gasteiger partial charge in [-0.25, -0.2) is 13.4 Å². The van der Waals surface area contributed by atoms with Gasteiger partial charge in [0.2, 0.25) is 21.8 Å². The summed E-state index contributed by atoms with van der Waals surface area (Å²) in [6.45, 7) is 11.4. The van der Waals surface area contributed by atoms with Crippen molar-refractivity contribution in [1.82, 2.24) is 24.8 Å². The van der Waals surface area contributed by atoms with Crippen LogP contribution in [-0.4, -0.2) is 90.4 Å². The number of amides is 2. The van der Waals surface area contributed by atoms with Crippen molar-refractivity contribution in [3.05, 3.63) is 59.6 Å². The number of hydrogen-bond donors (Lipinski definition) is 3. The van der Waals surface area contributed by atoms with Crippen LogP contribution in [0.15, 0.2) is 58.9 Å². The summed E-state index contributed by atoms with van der Waals surface area (Å²) in [4.78, 5) is 33.3. The zero-order valence-corrected chi connectivity index (χ0v) is 28.5. The van der Waals surface area contributed by atoms with E-state index in [1.165, 1.54) is 15.6 Å². The molecule has 3 atom stereocenters. The van der Waals surface area contributed by atoms with Gasteiger partial charge in [-0.2, -0.15) is 4.31 Å². The van der Waals surface area contributed by atoms with Crippen molar-refractivity contribution >= 4 is 43.4 Å².